The van der Waals surface area contributed by atoms with E-state index in [0.717, 1.165) is 12.8 Å². The second-order valence-corrected chi connectivity index (χ2v) is 3.84. The maximum atomic E-state index is 11.2. The van der Waals surface area contributed by atoms with Crippen LogP contribution >= 0.6 is 0 Å². The molecule has 0 saturated heterocycles. The number of rotatable bonds is 3. The summed E-state index contributed by atoms with van der Waals surface area (Å²) in [5.74, 6) is 0.170. The number of hydrogen-bond acceptors (Lipinski definition) is 5. The van der Waals surface area contributed by atoms with Crippen LogP contribution in [0.5, 0.6) is 5.75 Å². The third kappa shape index (κ3) is 2.30. The van der Waals surface area contributed by atoms with E-state index in [9.17, 15) is 4.79 Å². The van der Waals surface area contributed by atoms with Crippen LogP contribution in [-0.4, -0.2) is 30.2 Å². The summed E-state index contributed by atoms with van der Waals surface area (Å²) in [6.07, 6.45) is 3.40. The van der Waals surface area contributed by atoms with E-state index < -0.39 is 5.97 Å². The standard InChI is InChI=1S/C11H14N2O3/c1-15-11(14)10-6-8(2-3-13-10)16-9-4-7(12)5-9/h2-3,6-7,9H,4-5,12H2,1H3. The maximum Gasteiger partial charge on any atom is 0.356 e. The molecule has 0 unspecified atom stereocenters. The summed E-state index contributed by atoms with van der Waals surface area (Å²) in [7, 11) is 1.32. The molecule has 1 aromatic heterocycles. The molecule has 0 radical (unpaired) electrons. The lowest BCUT2D eigenvalue weighted by atomic mass is 9.90. The Hall–Kier alpha value is -1.62. The minimum Gasteiger partial charge on any atom is -0.490 e. The van der Waals surface area contributed by atoms with E-state index in [2.05, 4.69) is 9.72 Å². The zero-order valence-electron chi connectivity index (χ0n) is 9.05. The third-order valence-electron chi connectivity index (χ3n) is 2.56. The van der Waals surface area contributed by atoms with Crippen molar-refractivity contribution >= 4 is 5.97 Å². The molecule has 0 atom stereocenters. The van der Waals surface area contributed by atoms with Crippen LogP contribution in [0.25, 0.3) is 0 Å². The van der Waals surface area contributed by atoms with Crippen molar-refractivity contribution in [3.8, 4) is 5.75 Å². The van der Waals surface area contributed by atoms with Gasteiger partial charge < -0.3 is 15.2 Å². The van der Waals surface area contributed by atoms with E-state index >= 15 is 0 Å². The van der Waals surface area contributed by atoms with E-state index in [4.69, 9.17) is 10.5 Å². The predicted molar refractivity (Wildman–Crippen MR) is 57.2 cm³/mol. The fourth-order valence-corrected chi connectivity index (χ4v) is 1.60. The Morgan fingerprint density at radius 2 is 2.31 bits per heavy atom. The Morgan fingerprint density at radius 1 is 1.56 bits per heavy atom. The van der Waals surface area contributed by atoms with Gasteiger partial charge in [0.1, 0.15) is 11.9 Å². The Morgan fingerprint density at radius 3 is 2.94 bits per heavy atom. The number of carbonyl (C=O) groups excluding carboxylic acids is 1. The van der Waals surface area contributed by atoms with Crippen molar-refractivity contribution in [1.29, 1.82) is 0 Å². The third-order valence-corrected chi connectivity index (χ3v) is 2.56. The molecule has 1 aromatic rings. The predicted octanol–water partition coefficient (Wildman–Crippen LogP) is 0.737. The van der Waals surface area contributed by atoms with Crippen LogP contribution in [0.4, 0.5) is 0 Å². The monoisotopic (exact) mass is 222 g/mol. The van der Waals surface area contributed by atoms with Crippen molar-refractivity contribution in [1.82, 2.24) is 4.98 Å². The number of methoxy groups -OCH3 is 1. The molecule has 0 amide bonds. The first kappa shape index (κ1) is 10.9. The lowest BCUT2D eigenvalue weighted by Crippen LogP contribution is -2.43. The highest BCUT2D eigenvalue weighted by Crippen LogP contribution is 2.24. The topological polar surface area (TPSA) is 74.4 Å². The van der Waals surface area contributed by atoms with Gasteiger partial charge in [-0.25, -0.2) is 9.78 Å². The second-order valence-electron chi connectivity index (χ2n) is 3.84. The first-order valence-electron chi connectivity index (χ1n) is 5.15. The van der Waals surface area contributed by atoms with E-state index in [0.29, 0.717) is 5.75 Å². The quantitative estimate of drug-likeness (QED) is 0.763. The van der Waals surface area contributed by atoms with Gasteiger partial charge in [-0.3, -0.25) is 0 Å². The van der Waals surface area contributed by atoms with Crippen LogP contribution in [0.3, 0.4) is 0 Å². The molecule has 1 aliphatic carbocycles. The highest BCUT2D eigenvalue weighted by molar-refractivity contribution is 5.87. The first-order valence-corrected chi connectivity index (χ1v) is 5.15. The summed E-state index contributed by atoms with van der Waals surface area (Å²) in [4.78, 5) is 15.1. The number of hydrogen-bond donors (Lipinski definition) is 1. The molecular weight excluding hydrogens is 208 g/mol. The molecule has 16 heavy (non-hydrogen) atoms. The highest BCUT2D eigenvalue weighted by atomic mass is 16.5. The second kappa shape index (κ2) is 4.49. The summed E-state index contributed by atoms with van der Waals surface area (Å²) >= 11 is 0. The van der Waals surface area contributed by atoms with Crippen molar-refractivity contribution in [2.45, 2.75) is 25.0 Å². The molecule has 86 valence electrons. The minimum absolute atomic E-state index is 0.155. The van der Waals surface area contributed by atoms with E-state index in [1.807, 2.05) is 0 Å². The van der Waals surface area contributed by atoms with Crippen molar-refractivity contribution in [3.63, 3.8) is 0 Å². The highest BCUT2D eigenvalue weighted by Gasteiger charge is 2.27. The Balaban J connectivity index is 2.02. The fourth-order valence-electron chi connectivity index (χ4n) is 1.60. The van der Waals surface area contributed by atoms with Gasteiger partial charge in [-0.15, -0.1) is 0 Å². The van der Waals surface area contributed by atoms with Crippen LogP contribution in [0, 0.1) is 0 Å². The van der Waals surface area contributed by atoms with Crippen LogP contribution < -0.4 is 10.5 Å². The van der Waals surface area contributed by atoms with Crippen LogP contribution in [-0.2, 0) is 4.74 Å². The molecule has 1 heterocycles. The molecule has 5 heteroatoms. The van der Waals surface area contributed by atoms with Gasteiger partial charge in [-0.1, -0.05) is 0 Å². The van der Waals surface area contributed by atoms with E-state index in [1.54, 1.807) is 12.1 Å². The zero-order valence-corrected chi connectivity index (χ0v) is 9.05. The fraction of sp³-hybridized carbons (Fsp3) is 0.455. The van der Waals surface area contributed by atoms with E-state index in [1.165, 1.54) is 13.3 Å². The molecule has 1 aliphatic rings. The van der Waals surface area contributed by atoms with E-state index in [-0.39, 0.29) is 17.8 Å². The smallest absolute Gasteiger partial charge is 0.356 e. The van der Waals surface area contributed by atoms with Crippen LogP contribution in [0.2, 0.25) is 0 Å². The number of nitrogens with two attached hydrogens (primary N) is 1. The lowest BCUT2D eigenvalue weighted by Gasteiger charge is -2.32. The van der Waals surface area contributed by atoms with Gasteiger partial charge in [0, 0.05) is 18.3 Å². The van der Waals surface area contributed by atoms with Crippen LogP contribution in [0.1, 0.15) is 23.3 Å². The number of aromatic nitrogens is 1. The number of pyridine rings is 1. The van der Waals surface area contributed by atoms with Crippen molar-refractivity contribution in [2.75, 3.05) is 7.11 Å². The Bertz CT molecular complexity index is 389. The van der Waals surface area contributed by atoms with Gasteiger partial charge in [0.25, 0.3) is 0 Å². The summed E-state index contributed by atoms with van der Waals surface area (Å²) in [5.41, 5.74) is 5.91. The molecule has 2 rings (SSSR count). The minimum atomic E-state index is -0.462. The molecule has 0 bridgehead atoms. The lowest BCUT2D eigenvalue weighted by molar-refractivity contribution is 0.0591. The number of carbonyl (C=O) groups is 1. The van der Waals surface area contributed by atoms with Gasteiger partial charge >= 0.3 is 5.97 Å². The normalized spacial score (nSPS) is 23.4. The van der Waals surface area contributed by atoms with Gasteiger partial charge in [-0.05, 0) is 18.9 Å². The van der Waals surface area contributed by atoms with Gasteiger partial charge in [0.05, 0.1) is 7.11 Å². The molecule has 2 N–H and O–H groups in total. The Kier molecular flexibility index (Phi) is 3.05. The molecule has 5 nitrogen and oxygen atoms in total. The number of ether oxygens (including phenoxy) is 2. The van der Waals surface area contributed by atoms with Gasteiger partial charge in [-0.2, -0.15) is 0 Å². The van der Waals surface area contributed by atoms with Crippen LogP contribution in [0.15, 0.2) is 18.3 Å². The molecule has 1 saturated carbocycles. The summed E-state index contributed by atoms with van der Waals surface area (Å²) < 4.78 is 10.2. The van der Waals surface area contributed by atoms with Gasteiger partial charge in [0.15, 0.2) is 5.69 Å². The average Bonchev–Trinajstić information content (AvgIpc) is 2.26. The van der Waals surface area contributed by atoms with Gasteiger partial charge in [0.2, 0.25) is 0 Å². The molecule has 0 aromatic carbocycles. The average molecular weight is 222 g/mol. The number of nitrogens with zero attached hydrogens (tertiary/aromatic N) is 1. The van der Waals surface area contributed by atoms with Crippen molar-refractivity contribution in [3.05, 3.63) is 24.0 Å². The molecule has 1 fully saturated rings. The maximum absolute atomic E-state index is 11.2. The zero-order chi connectivity index (χ0) is 11.5. The Labute approximate surface area is 93.6 Å². The summed E-state index contributed by atoms with van der Waals surface area (Å²) in [6, 6.07) is 3.54. The summed E-state index contributed by atoms with van der Waals surface area (Å²) in [6.45, 7) is 0. The molecular formula is C11H14N2O3. The SMILES string of the molecule is COC(=O)c1cc(OC2CC(N)C2)ccn1. The van der Waals surface area contributed by atoms with Crippen molar-refractivity contribution in [2.24, 2.45) is 5.73 Å². The first-order chi connectivity index (χ1) is 7.69. The summed E-state index contributed by atoms with van der Waals surface area (Å²) in [5, 5.41) is 0. The molecule has 0 aliphatic heterocycles. The number of esters is 1. The molecule has 0 spiro atoms. The van der Waals surface area contributed by atoms with Crippen molar-refractivity contribution < 1.29 is 14.3 Å². The largest absolute Gasteiger partial charge is 0.490 e.